The Bertz CT molecular complexity index is 901. The SMILES string of the molecule is Cn1nc(C(=O)NCCc2ccc(F)cc2)cc1NC(=O)c1ccco1. The van der Waals surface area contributed by atoms with Gasteiger partial charge in [-0.25, -0.2) is 4.39 Å². The number of carbonyl (C=O) groups is 2. The lowest BCUT2D eigenvalue weighted by Gasteiger charge is -2.03. The van der Waals surface area contributed by atoms with Gasteiger partial charge in [-0.3, -0.25) is 14.3 Å². The number of halogens is 1. The summed E-state index contributed by atoms with van der Waals surface area (Å²) in [7, 11) is 1.62. The van der Waals surface area contributed by atoms with Gasteiger partial charge in [0.05, 0.1) is 6.26 Å². The van der Waals surface area contributed by atoms with Gasteiger partial charge < -0.3 is 15.1 Å². The highest BCUT2D eigenvalue weighted by atomic mass is 19.1. The van der Waals surface area contributed by atoms with Gasteiger partial charge in [0.1, 0.15) is 11.6 Å². The number of aromatic nitrogens is 2. The Kier molecular flexibility index (Phi) is 5.12. The number of rotatable bonds is 6. The molecule has 0 aliphatic rings. The molecule has 0 aliphatic carbocycles. The molecular weight excluding hydrogens is 339 g/mol. The van der Waals surface area contributed by atoms with Crippen LogP contribution in [-0.2, 0) is 13.5 Å². The number of furan rings is 1. The lowest BCUT2D eigenvalue weighted by atomic mass is 10.1. The lowest BCUT2D eigenvalue weighted by molar-refractivity contribution is 0.0947. The largest absolute Gasteiger partial charge is 0.459 e. The second kappa shape index (κ2) is 7.64. The molecule has 0 radical (unpaired) electrons. The highest BCUT2D eigenvalue weighted by Gasteiger charge is 2.16. The summed E-state index contributed by atoms with van der Waals surface area (Å²) < 4.78 is 19.3. The minimum Gasteiger partial charge on any atom is -0.459 e. The van der Waals surface area contributed by atoms with E-state index >= 15 is 0 Å². The Hall–Kier alpha value is -3.42. The maximum atomic E-state index is 12.9. The van der Waals surface area contributed by atoms with Crippen LogP contribution in [0.1, 0.15) is 26.6 Å². The first kappa shape index (κ1) is 17.4. The van der Waals surface area contributed by atoms with E-state index in [0.29, 0.717) is 18.8 Å². The molecule has 134 valence electrons. The smallest absolute Gasteiger partial charge is 0.292 e. The summed E-state index contributed by atoms with van der Waals surface area (Å²) >= 11 is 0. The van der Waals surface area contributed by atoms with Crippen molar-refractivity contribution in [3.63, 3.8) is 0 Å². The average Bonchev–Trinajstić information content (AvgIpc) is 3.27. The highest BCUT2D eigenvalue weighted by Crippen LogP contribution is 2.12. The van der Waals surface area contributed by atoms with Gasteiger partial charge in [-0.2, -0.15) is 5.10 Å². The van der Waals surface area contributed by atoms with E-state index in [1.807, 2.05) is 0 Å². The molecule has 8 heteroatoms. The molecule has 0 saturated heterocycles. The van der Waals surface area contributed by atoms with Crippen LogP contribution >= 0.6 is 0 Å². The number of hydrogen-bond donors (Lipinski definition) is 2. The molecule has 2 amide bonds. The fourth-order valence-corrected chi connectivity index (χ4v) is 2.34. The van der Waals surface area contributed by atoms with Crippen LogP contribution in [0.15, 0.2) is 53.1 Å². The molecule has 26 heavy (non-hydrogen) atoms. The average molecular weight is 356 g/mol. The standard InChI is InChI=1S/C18H17FN4O3/c1-23-16(21-18(25)15-3-2-10-26-15)11-14(22-23)17(24)20-9-8-12-4-6-13(19)7-5-12/h2-7,10-11H,8-9H2,1H3,(H,20,24)(H,21,25). The summed E-state index contributed by atoms with van der Waals surface area (Å²) in [5.41, 5.74) is 1.10. The van der Waals surface area contributed by atoms with Crippen molar-refractivity contribution in [3.8, 4) is 0 Å². The molecule has 0 aliphatic heterocycles. The predicted octanol–water partition coefficient (Wildman–Crippen LogP) is 2.38. The van der Waals surface area contributed by atoms with Gasteiger partial charge in [0.15, 0.2) is 11.5 Å². The molecule has 7 nitrogen and oxygen atoms in total. The van der Waals surface area contributed by atoms with E-state index in [4.69, 9.17) is 4.42 Å². The van der Waals surface area contributed by atoms with E-state index < -0.39 is 5.91 Å². The van der Waals surface area contributed by atoms with Crippen molar-refractivity contribution in [2.24, 2.45) is 7.05 Å². The molecule has 0 unspecified atom stereocenters. The number of nitrogens with zero attached hydrogens (tertiary/aromatic N) is 2. The fourth-order valence-electron chi connectivity index (χ4n) is 2.34. The molecule has 2 N–H and O–H groups in total. The van der Waals surface area contributed by atoms with E-state index in [1.165, 1.54) is 35.2 Å². The van der Waals surface area contributed by atoms with Crippen LogP contribution in [0.2, 0.25) is 0 Å². The van der Waals surface area contributed by atoms with Crippen molar-refractivity contribution >= 4 is 17.6 Å². The van der Waals surface area contributed by atoms with Gasteiger partial charge in [-0.1, -0.05) is 12.1 Å². The Morgan fingerprint density at radius 1 is 1.19 bits per heavy atom. The maximum Gasteiger partial charge on any atom is 0.292 e. The van der Waals surface area contributed by atoms with Gasteiger partial charge in [-0.15, -0.1) is 0 Å². The molecule has 3 rings (SSSR count). The predicted molar refractivity (Wildman–Crippen MR) is 92.3 cm³/mol. The van der Waals surface area contributed by atoms with Crippen LogP contribution in [0.5, 0.6) is 0 Å². The minimum absolute atomic E-state index is 0.163. The third kappa shape index (κ3) is 4.15. The first-order chi connectivity index (χ1) is 12.5. The van der Waals surface area contributed by atoms with E-state index in [0.717, 1.165) is 5.56 Å². The van der Waals surface area contributed by atoms with Gasteiger partial charge >= 0.3 is 0 Å². The molecule has 2 aromatic heterocycles. The Balaban J connectivity index is 1.56. The van der Waals surface area contributed by atoms with E-state index in [1.54, 1.807) is 25.2 Å². The molecule has 0 atom stereocenters. The topological polar surface area (TPSA) is 89.2 Å². The van der Waals surface area contributed by atoms with Gasteiger partial charge in [0.25, 0.3) is 11.8 Å². The molecule has 0 spiro atoms. The second-order valence-corrected chi connectivity index (χ2v) is 5.60. The normalized spacial score (nSPS) is 10.5. The van der Waals surface area contributed by atoms with Crippen LogP contribution in [0, 0.1) is 5.82 Å². The number of aryl methyl sites for hydroxylation is 1. The third-order valence-electron chi connectivity index (χ3n) is 3.71. The third-order valence-corrected chi connectivity index (χ3v) is 3.71. The van der Waals surface area contributed by atoms with E-state index in [9.17, 15) is 14.0 Å². The lowest BCUT2D eigenvalue weighted by Crippen LogP contribution is -2.26. The summed E-state index contributed by atoms with van der Waals surface area (Å²) in [5.74, 6) is -0.551. The maximum absolute atomic E-state index is 12.9. The van der Waals surface area contributed by atoms with E-state index in [-0.39, 0.29) is 23.2 Å². The molecular formula is C18H17FN4O3. The summed E-state index contributed by atoms with van der Waals surface area (Å²) in [6, 6.07) is 10.7. The zero-order valence-corrected chi connectivity index (χ0v) is 14.0. The van der Waals surface area contributed by atoms with Gasteiger partial charge in [-0.05, 0) is 36.2 Å². The summed E-state index contributed by atoms with van der Waals surface area (Å²) in [6.07, 6.45) is 1.97. The van der Waals surface area contributed by atoms with Crippen molar-refractivity contribution in [1.82, 2.24) is 15.1 Å². The van der Waals surface area contributed by atoms with Crippen molar-refractivity contribution in [1.29, 1.82) is 0 Å². The fraction of sp³-hybridized carbons (Fsp3) is 0.167. The number of amides is 2. The quantitative estimate of drug-likeness (QED) is 0.710. The Morgan fingerprint density at radius 2 is 1.96 bits per heavy atom. The van der Waals surface area contributed by atoms with Crippen LogP contribution in [0.4, 0.5) is 10.2 Å². The number of carbonyl (C=O) groups excluding carboxylic acids is 2. The van der Waals surface area contributed by atoms with Gasteiger partial charge in [0, 0.05) is 19.7 Å². The summed E-state index contributed by atoms with van der Waals surface area (Å²) in [4.78, 5) is 24.2. The first-order valence-corrected chi connectivity index (χ1v) is 7.94. The zero-order chi connectivity index (χ0) is 18.5. The van der Waals surface area contributed by atoms with Crippen molar-refractivity contribution in [2.75, 3.05) is 11.9 Å². The number of anilines is 1. The molecule has 3 aromatic rings. The molecule has 0 fully saturated rings. The van der Waals surface area contributed by atoms with Crippen LogP contribution in [0.3, 0.4) is 0 Å². The minimum atomic E-state index is -0.429. The van der Waals surface area contributed by atoms with Crippen LogP contribution in [0.25, 0.3) is 0 Å². The van der Waals surface area contributed by atoms with E-state index in [2.05, 4.69) is 15.7 Å². The highest BCUT2D eigenvalue weighted by molar-refractivity contribution is 6.02. The van der Waals surface area contributed by atoms with Crippen molar-refractivity contribution < 1.29 is 18.4 Å². The molecule has 1 aromatic carbocycles. The number of nitrogens with one attached hydrogen (secondary N) is 2. The van der Waals surface area contributed by atoms with Crippen molar-refractivity contribution in [3.05, 3.63) is 71.6 Å². The van der Waals surface area contributed by atoms with Crippen molar-refractivity contribution in [2.45, 2.75) is 6.42 Å². The Labute approximate surface area is 148 Å². The molecule has 2 heterocycles. The monoisotopic (exact) mass is 356 g/mol. The zero-order valence-electron chi connectivity index (χ0n) is 14.0. The summed E-state index contributed by atoms with van der Waals surface area (Å²) in [5, 5.41) is 9.46. The molecule has 0 bridgehead atoms. The summed E-state index contributed by atoms with van der Waals surface area (Å²) in [6.45, 7) is 0.384. The Morgan fingerprint density at radius 3 is 2.65 bits per heavy atom. The van der Waals surface area contributed by atoms with Gasteiger partial charge in [0.2, 0.25) is 0 Å². The second-order valence-electron chi connectivity index (χ2n) is 5.60. The molecule has 0 saturated carbocycles. The number of hydrogen-bond acceptors (Lipinski definition) is 4. The van der Waals surface area contributed by atoms with Crippen LogP contribution < -0.4 is 10.6 Å². The number of benzene rings is 1. The first-order valence-electron chi connectivity index (χ1n) is 7.94. The van der Waals surface area contributed by atoms with Crippen LogP contribution in [-0.4, -0.2) is 28.1 Å².